The molecule has 2 unspecified atom stereocenters. The molecule has 0 spiro atoms. The fourth-order valence-corrected chi connectivity index (χ4v) is 4.96. The zero-order valence-corrected chi connectivity index (χ0v) is 19.9. The van der Waals surface area contributed by atoms with E-state index in [0.29, 0.717) is 66.2 Å². The second-order valence-electron chi connectivity index (χ2n) is 9.34. The summed E-state index contributed by atoms with van der Waals surface area (Å²) in [6, 6.07) is 7.74. The maximum absolute atomic E-state index is 9.06. The van der Waals surface area contributed by atoms with Gasteiger partial charge in [-0.1, -0.05) is 16.8 Å². The Morgan fingerprint density at radius 1 is 1.20 bits per heavy atom. The third-order valence-electron chi connectivity index (χ3n) is 6.78. The molecule has 1 saturated carbocycles. The van der Waals surface area contributed by atoms with Gasteiger partial charge in [0.2, 0.25) is 5.88 Å². The van der Waals surface area contributed by atoms with E-state index in [4.69, 9.17) is 30.9 Å². The summed E-state index contributed by atoms with van der Waals surface area (Å²) in [5, 5.41) is 16.9. The Bertz CT molecular complexity index is 1270. The number of nitriles is 1. The van der Waals surface area contributed by atoms with Gasteiger partial charge in [-0.3, -0.25) is 0 Å². The average molecular weight is 494 g/mol. The third-order valence-corrected chi connectivity index (χ3v) is 7.10. The van der Waals surface area contributed by atoms with Crippen molar-refractivity contribution in [2.24, 2.45) is 11.8 Å². The highest BCUT2D eigenvalue weighted by atomic mass is 35.5. The van der Waals surface area contributed by atoms with Gasteiger partial charge in [0.25, 0.3) is 0 Å². The Labute approximate surface area is 207 Å². The predicted octanol–water partition coefficient (Wildman–Crippen LogP) is 3.84. The van der Waals surface area contributed by atoms with Crippen molar-refractivity contribution in [1.29, 1.82) is 5.26 Å². The minimum atomic E-state index is -0.0502. The van der Waals surface area contributed by atoms with Gasteiger partial charge in [-0.05, 0) is 38.0 Å². The number of aromatic nitrogens is 4. The van der Waals surface area contributed by atoms with Crippen LogP contribution in [0.2, 0.25) is 5.02 Å². The van der Waals surface area contributed by atoms with Crippen molar-refractivity contribution in [3.05, 3.63) is 46.5 Å². The highest BCUT2D eigenvalue weighted by molar-refractivity contribution is 6.33. The van der Waals surface area contributed by atoms with E-state index in [1.165, 1.54) is 6.33 Å². The normalized spacial score (nSPS) is 23.6. The summed E-state index contributed by atoms with van der Waals surface area (Å²) in [7, 11) is 0. The van der Waals surface area contributed by atoms with Crippen LogP contribution in [0.25, 0.3) is 0 Å². The summed E-state index contributed by atoms with van der Waals surface area (Å²) in [6.07, 6.45) is 3.70. The number of fused-ring (bicyclic) bond motifs is 2. The first-order chi connectivity index (χ1) is 17.1. The second-order valence-corrected chi connectivity index (χ2v) is 9.75. The molecule has 10 nitrogen and oxygen atoms in total. The molecule has 2 aromatic heterocycles. The quantitative estimate of drug-likeness (QED) is 0.541. The maximum atomic E-state index is 9.06. The van der Waals surface area contributed by atoms with E-state index in [1.807, 2.05) is 6.92 Å². The van der Waals surface area contributed by atoms with Crippen LogP contribution in [0.4, 0.5) is 17.5 Å². The van der Waals surface area contributed by atoms with Crippen LogP contribution >= 0.6 is 11.6 Å². The van der Waals surface area contributed by atoms with E-state index >= 15 is 0 Å². The third kappa shape index (κ3) is 4.37. The molecule has 4 heterocycles. The van der Waals surface area contributed by atoms with Crippen LogP contribution in [0, 0.1) is 30.1 Å². The number of hydrogen-bond acceptors (Lipinski definition) is 10. The van der Waals surface area contributed by atoms with E-state index in [0.717, 1.165) is 24.2 Å². The Hall–Kier alpha value is -3.42. The number of hydrogen-bond donors (Lipinski definition) is 1. The largest absolute Gasteiger partial charge is 0.473 e. The summed E-state index contributed by atoms with van der Waals surface area (Å²) in [5.41, 5.74) is 1.93. The fraction of sp³-hybridized carbons (Fsp3) is 0.458. The van der Waals surface area contributed by atoms with E-state index in [-0.39, 0.29) is 17.9 Å². The first-order valence-corrected chi connectivity index (χ1v) is 12.1. The fourth-order valence-electron chi connectivity index (χ4n) is 4.73. The first-order valence-electron chi connectivity index (χ1n) is 11.7. The number of ether oxygens (including phenoxy) is 2. The van der Waals surface area contributed by atoms with Crippen LogP contribution in [0.15, 0.2) is 29.0 Å². The number of nitrogens with one attached hydrogen (secondary N) is 1. The molecule has 1 aliphatic carbocycles. The molecule has 2 atom stereocenters. The van der Waals surface area contributed by atoms with Crippen LogP contribution in [0.1, 0.15) is 35.7 Å². The monoisotopic (exact) mass is 493 g/mol. The molecule has 2 aliphatic heterocycles. The van der Waals surface area contributed by atoms with Gasteiger partial charge in [0.05, 0.1) is 41.1 Å². The Morgan fingerprint density at radius 3 is 2.71 bits per heavy atom. The lowest BCUT2D eigenvalue weighted by Crippen LogP contribution is -2.57. The van der Waals surface area contributed by atoms with Gasteiger partial charge in [-0.15, -0.1) is 0 Å². The lowest BCUT2D eigenvalue weighted by Gasteiger charge is -2.45. The van der Waals surface area contributed by atoms with Gasteiger partial charge in [0.15, 0.2) is 5.82 Å². The van der Waals surface area contributed by atoms with Crippen LogP contribution in [-0.4, -0.2) is 52.5 Å². The molecule has 6 rings (SSSR count). The van der Waals surface area contributed by atoms with Crippen LogP contribution < -0.4 is 15.0 Å². The Kier molecular flexibility index (Phi) is 5.66. The van der Waals surface area contributed by atoms with Crippen LogP contribution in [0.5, 0.6) is 5.88 Å². The SMILES string of the molecule is Cc1c(Nc2ccc(C#N)cc2Cl)ncnc1OC1C2COCC1CN(c1nc(C3CC3)no1)C2. The van der Waals surface area contributed by atoms with E-state index in [9.17, 15) is 0 Å². The zero-order valence-electron chi connectivity index (χ0n) is 19.1. The highest BCUT2D eigenvalue weighted by Crippen LogP contribution is 2.40. The van der Waals surface area contributed by atoms with Crippen LogP contribution in [-0.2, 0) is 4.74 Å². The number of nitrogens with zero attached hydrogens (tertiary/aromatic N) is 6. The lowest BCUT2D eigenvalue weighted by molar-refractivity contribution is -0.0777. The van der Waals surface area contributed by atoms with E-state index in [2.05, 4.69) is 36.4 Å². The van der Waals surface area contributed by atoms with Crippen molar-refractivity contribution >= 4 is 29.1 Å². The number of benzene rings is 1. The summed E-state index contributed by atoms with van der Waals surface area (Å²) >= 11 is 6.33. The molecule has 2 bridgehead atoms. The van der Waals surface area contributed by atoms with Crippen molar-refractivity contribution in [2.45, 2.75) is 31.8 Å². The molecule has 3 aliphatic rings. The van der Waals surface area contributed by atoms with Gasteiger partial charge < -0.3 is 24.2 Å². The van der Waals surface area contributed by atoms with Crippen molar-refractivity contribution in [2.75, 3.05) is 36.5 Å². The Morgan fingerprint density at radius 2 is 2.00 bits per heavy atom. The van der Waals surface area contributed by atoms with Gasteiger partial charge in [-0.2, -0.15) is 10.2 Å². The van der Waals surface area contributed by atoms with Crippen molar-refractivity contribution in [1.82, 2.24) is 20.1 Å². The molecule has 0 radical (unpaired) electrons. The summed E-state index contributed by atoms with van der Waals surface area (Å²) in [5.74, 6) is 2.67. The maximum Gasteiger partial charge on any atom is 0.324 e. The smallest absolute Gasteiger partial charge is 0.324 e. The molecule has 11 heteroatoms. The molecule has 2 saturated heterocycles. The molecule has 1 N–H and O–H groups in total. The minimum Gasteiger partial charge on any atom is -0.473 e. The summed E-state index contributed by atoms with van der Waals surface area (Å²) in [6.45, 7) is 4.52. The molecule has 1 aromatic carbocycles. The van der Waals surface area contributed by atoms with Crippen molar-refractivity contribution in [3.8, 4) is 11.9 Å². The molecule has 0 amide bonds. The molecular formula is C24H24ClN7O3. The van der Waals surface area contributed by atoms with Gasteiger partial charge in [-0.25, -0.2) is 9.97 Å². The average Bonchev–Trinajstić information content (AvgIpc) is 3.59. The Balaban J connectivity index is 1.18. The number of rotatable bonds is 6. The molecular weight excluding hydrogens is 470 g/mol. The second kappa shape index (κ2) is 8.98. The molecule has 3 aromatic rings. The van der Waals surface area contributed by atoms with E-state index < -0.39 is 0 Å². The lowest BCUT2D eigenvalue weighted by atomic mass is 9.84. The van der Waals surface area contributed by atoms with Crippen molar-refractivity contribution in [3.63, 3.8) is 0 Å². The van der Waals surface area contributed by atoms with E-state index in [1.54, 1.807) is 18.2 Å². The molecule has 35 heavy (non-hydrogen) atoms. The highest BCUT2D eigenvalue weighted by Gasteiger charge is 2.44. The number of halogens is 1. The number of piperidine rings is 1. The molecule has 180 valence electrons. The van der Waals surface area contributed by atoms with Gasteiger partial charge in [0, 0.05) is 30.8 Å². The van der Waals surface area contributed by atoms with Gasteiger partial charge in [0.1, 0.15) is 18.2 Å². The standard InChI is InChI=1S/C24H24ClN7O3/c1-13-21(29-19-5-2-14(7-26)6-18(19)25)27-12-28-23(13)34-20-16-8-32(9-17(20)11-33-10-16)24-30-22(31-35-24)15-3-4-15/h2,5-6,12,15-17,20H,3-4,8-11H2,1H3,(H,27,28,29). The van der Waals surface area contributed by atoms with Crippen LogP contribution in [0.3, 0.4) is 0 Å². The van der Waals surface area contributed by atoms with Gasteiger partial charge >= 0.3 is 6.01 Å². The minimum absolute atomic E-state index is 0.0502. The topological polar surface area (TPSA) is 122 Å². The summed E-state index contributed by atoms with van der Waals surface area (Å²) in [4.78, 5) is 15.6. The van der Waals surface area contributed by atoms with Crippen molar-refractivity contribution < 1.29 is 14.0 Å². The zero-order chi connectivity index (χ0) is 23.9. The number of anilines is 3. The first kappa shape index (κ1) is 22.1. The molecule has 3 fully saturated rings. The predicted molar refractivity (Wildman–Crippen MR) is 127 cm³/mol. The summed E-state index contributed by atoms with van der Waals surface area (Å²) < 4.78 is 17.9.